The molecule has 0 aliphatic carbocycles. The molecule has 0 fully saturated rings. The molecule has 0 radical (unpaired) electrons. The molecule has 0 saturated carbocycles. The summed E-state index contributed by atoms with van der Waals surface area (Å²) in [6.45, 7) is 8.84. The summed E-state index contributed by atoms with van der Waals surface area (Å²) in [6, 6.07) is 7.98. The molecule has 1 amide bonds. The van der Waals surface area contributed by atoms with Gasteiger partial charge in [-0.2, -0.15) is 0 Å². The molecular formula is C16H24ClNO2. The lowest BCUT2D eigenvalue weighted by atomic mass is 9.95. The second kappa shape index (κ2) is 7.53. The maximum atomic E-state index is 11.8. The number of alkyl halides is 1. The van der Waals surface area contributed by atoms with E-state index >= 15 is 0 Å². The van der Waals surface area contributed by atoms with Gasteiger partial charge in [-0.25, -0.2) is 0 Å². The lowest BCUT2D eigenvalue weighted by molar-refractivity contribution is -0.128. The molecular weight excluding hydrogens is 274 g/mol. The Morgan fingerprint density at radius 1 is 1.35 bits per heavy atom. The number of hydrogen-bond donors (Lipinski definition) is 1. The van der Waals surface area contributed by atoms with Gasteiger partial charge in [-0.15, -0.1) is 11.6 Å². The number of carbonyl (C=O) groups excluding carboxylic acids is 1. The van der Waals surface area contributed by atoms with Crippen LogP contribution in [0.1, 0.15) is 39.2 Å². The molecule has 0 unspecified atom stereocenters. The summed E-state index contributed by atoms with van der Waals surface area (Å²) >= 11 is 5.76. The highest BCUT2D eigenvalue weighted by Crippen LogP contribution is 2.25. The first-order valence-electron chi connectivity index (χ1n) is 6.94. The third-order valence-corrected chi connectivity index (χ3v) is 3.80. The smallest absolute Gasteiger partial charge is 0.226 e. The summed E-state index contributed by atoms with van der Waals surface area (Å²) in [5, 5.41) is 2.84. The van der Waals surface area contributed by atoms with Gasteiger partial charge in [0.15, 0.2) is 0 Å². The Labute approximate surface area is 126 Å². The molecule has 0 aliphatic rings. The van der Waals surface area contributed by atoms with Crippen LogP contribution in [0, 0.1) is 5.41 Å². The number of rotatable bonds is 7. The van der Waals surface area contributed by atoms with Crippen molar-refractivity contribution in [2.75, 3.05) is 19.0 Å². The van der Waals surface area contributed by atoms with Crippen molar-refractivity contribution in [1.82, 2.24) is 5.32 Å². The quantitative estimate of drug-likeness (QED) is 0.617. The van der Waals surface area contributed by atoms with Crippen LogP contribution < -0.4 is 10.1 Å². The zero-order chi connectivity index (χ0) is 15.2. The van der Waals surface area contributed by atoms with E-state index in [4.69, 9.17) is 16.3 Å². The van der Waals surface area contributed by atoms with E-state index in [1.165, 1.54) is 5.56 Å². The van der Waals surface area contributed by atoms with Crippen LogP contribution in [0.25, 0.3) is 0 Å². The highest BCUT2D eigenvalue weighted by atomic mass is 35.5. The second-order valence-electron chi connectivity index (χ2n) is 5.81. The third kappa shape index (κ3) is 4.71. The van der Waals surface area contributed by atoms with Gasteiger partial charge in [-0.1, -0.05) is 32.0 Å². The molecule has 4 heteroatoms. The molecule has 20 heavy (non-hydrogen) atoms. The van der Waals surface area contributed by atoms with Crippen LogP contribution in [0.2, 0.25) is 0 Å². The molecule has 3 nitrogen and oxygen atoms in total. The zero-order valence-electron chi connectivity index (χ0n) is 12.7. The molecule has 0 bridgehead atoms. The average molecular weight is 298 g/mol. The lowest BCUT2D eigenvalue weighted by Gasteiger charge is -2.20. The SMILES string of the molecule is CC(C)c1ccccc1OCCNC(=O)C(C)(C)CCl. The van der Waals surface area contributed by atoms with Crippen LogP contribution in [0.4, 0.5) is 0 Å². The average Bonchev–Trinajstić information content (AvgIpc) is 2.43. The molecule has 1 aromatic rings. The molecule has 0 aromatic heterocycles. The minimum Gasteiger partial charge on any atom is -0.491 e. The molecule has 1 rings (SSSR count). The predicted octanol–water partition coefficient (Wildman–Crippen LogP) is 3.57. The first kappa shape index (κ1) is 16.8. The Kier molecular flexibility index (Phi) is 6.34. The van der Waals surface area contributed by atoms with E-state index in [9.17, 15) is 4.79 Å². The zero-order valence-corrected chi connectivity index (χ0v) is 13.5. The van der Waals surface area contributed by atoms with E-state index in [2.05, 4.69) is 25.2 Å². The van der Waals surface area contributed by atoms with Crippen molar-refractivity contribution >= 4 is 17.5 Å². The highest BCUT2D eigenvalue weighted by Gasteiger charge is 2.25. The van der Waals surface area contributed by atoms with E-state index in [1.807, 2.05) is 32.0 Å². The molecule has 0 saturated heterocycles. The summed E-state index contributed by atoms with van der Waals surface area (Å²) in [5.41, 5.74) is 0.636. The molecule has 1 aromatic carbocycles. The van der Waals surface area contributed by atoms with Gasteiger partial charge in [-0.3, -0.25) is 4.79 Å². The molecule has 112 valence electrons. The van der Waals surface area contributed by atoms with E-state index < -0.39 is 5.41 Å². The Morgan fingerprint density at radius 3 is 2.60 bits per heavy atom. The third-order valence-electron chi connectivity index (χ3n) is 3.13. The number of amides is 1. The maximum Gasteiger partial charge on any atom is 0.226 e. The van der Waals surface area contributed by atoms with Gasteiger partial charge < -0.3 is 10.1 Å². The van der Waals surface area contributed by atoms with Crippen LogP contribution in [0.5, 0.6) is 5.75 Å². The van der Waals surface area contributed by atoms with Gasteiger partial charge in [0.1, 0.15) is 12.4 Å². The van der Waals surface area contributed by atoms with Gasteiger partial charge >= 0.3 is 0 Å². The maximum absolute atomic E-state index is 11.8. The number of para-hydroxylation sites is 1. The minimum atomic E-state index is -0.544. The Hall–Kier alpha value is -1.22. The van der Waals surface area contributed by atoms with Crippen molar-refractivity contribution in [3.8, 4) is 5.75 Å². The summed E-state index contributed by atoms with van der Waals surface area (Å²) in [5.74, 6) is 1.55. The lowest BCUT2D eigenvalue weighted by Crippen LogP contribution is -2.39. The number of halogens is 1. The van der Waals surface area contributed by atoms with Gasteiger partial charge in [0, 0.05) is 5.88 Å². The number of ether oxygens (including phenoxy) is 1. The van der Waals surface area contributed by atoms with Gasteiger partial charge in [0.25, 0.3) is 0 Å². The summed E-state index contributed by atoms with van der Waals surface area (Å²) in [6.07, 6.45) is 0. The minimum absolute atomic E-state index is 0.0479. The van der Waals surface area contributed by atoms with E-state index in [0.717, 1.165) is 5.75 Å². The Balaban J connectivity index is 2.44. The standard InChI is InChI=1S/C16H24ClNO2/c1-12(2)13-7-5-6-8-14(13)20-10-9-18-15(19)16(3,4)11-17/h5-8,12H,9-11H2,1-4H3,(H,18,19). The number of nitrogens with one attached hydrogen (secondary N) is 1. The van der Waals surface area contributed by atoms with E-state index in [0.29, 0.717) is 24.9 Å². The van der Waals surface area contributed by atoms with Gasteiger partial charge in [0.05, 0.1) is 12.0 Å². The fourth-order valence-electron chi connectivity index (χ4n) is 1.71. The topological polar surface area (TPSA) is 38.3 Å². The van der Waals surface area contributed by atoms with Crippen molar-refractivity contribution in [3.63, 3.8) is 0 Å². The Bertz CT molecular complexity index is 444. The predicted molar refractivity (Wildman–Crippen MR) is 83.5 cm³/mol. The van der Waals surface area contributed by atoms with Gasteiger partial charge in [-0.05, 0) is 31.4 Å². The van der Waals surface area contributed by atoms with Crippen LogP contribution in [0.15, 0.2) is 24.3 Å². The number of carbonyl (C=O) groups is 1. The van der Waals surface area contributed by atoms with E-state index in [1.54, 1.807) is 0 Å². The van der Waals surface area contributed by atoms with Crippen molar-refractivity contribution < 1.29 is 9.53 Å². The van der Waals surface area contributed by atoms with Gasteiger partial charge in [0.2, 0.25) is 5.91 Å². The molecule has 1 N–H and O–H groups in total. The number of benzene rings is 1. The normalized spacial score (nSPS) is 11.5. The monoisotopic (exact) mass is 297 g/mol. The largest absolute Gasteiger partial charge is 0.491 e. The Morgan fingerprint density at radius 2 is 2.00 bits per heavy atom. The van der Waals surface area contributed by atoms with Crippen LogP contribution in [-0.4, -0.2) is 24.9 Å². The first-order chi connectivity index (χ1) is 9.38. The van der Waals surface area contributed by atoms with Crippen molar-refractivity contribution in [2.45, 2.75) is 33.6 Å². The number of hydrogen-bond acceptors (Lipinski definition) is 2. The van der Waals surface area contributed by atoms with Crippen LogP contribution >= 0.6 is 11.6 Å². The summed E-state index contributed by atoms with van der Waals surface area (Å²) in [4.78, 5) is 11.8. The summed E-state index contributed by atoms with van der Waals surface area (Å²) < 4.78 is 5.75. The van der Waals surface area contributed by atoms with Crippen LogP contribution in [-0.2, 0) is 4.79 Å². The molecule has 0 heterocycles. The molecule has 0 aliphatic heterocycles. The first-order valence-corrected chi connectivity index (χ1v) is 7.48. The van der Waals surface area contributed by atoms with Crippen molar-refractivity contribution in [1.29, 1.82) is 0 Å². The molecule has 0 spiro atoms. The van der Waals surface area contributed by atoms with Crippen molar-refractivity contribution in [3.05, 3.63) is 29.8 Å². The van der Waals surface area contributed by atoms with Crippen LogP contribution in [0.3, 0.4) is 0 Å². The fourth-order valence-corrected chi connectivity index (χ4v) is 1.84. The second-order valence-corrected chi connectivity index (χ2v) is 6.08. The highest BCUT2D eigenvalue weighted by molar-refractivity contribution is 6.19. The van der Waals surface area contributed by atoms with E-state index in [-0.39, 0.29) is 5.91 Å². The fraction of sp³-hybridized carbons (Fsp3) is 0.562. The van der Waals surface area contributed by atoms with Crippen molar-refractivity contribution in [2.24, 2.45) is 5.41 Å². The summed E-state index contributed by atoms with van der Waals surface area (Å²) in [7, 11) is 0. The molecule has 0 atom stereocenters.